The van der Waals surface area contributed by atoms with Crippen LogP contribution in [0.3, 0.4) is 0 Å². The van der Waals surface area contributed by atoms with Gasteiger partial charge in [0, 0.05) is 0 Å². The Morgan fingerprint density at radius 2 is 2.07 bits per heavy atom. The molecule has 1 unspecified atom stereocenters. The second-order valence-corrected chi connectivity index (χ2v) is 8.05. The Labute approximate surface area is 171 Å². The Kier molecular flexibility index (Phi) is 6.65. The molecule has 0 amide bonds. The summed E-state index contributed by atoms with van der Waals surface area (Å²) in [6, 6.07) is 6.20. The van der Waals surface area contributed by atoms with Crippen molar-refractivity contribution in [1.29, 1.82) is 0 Å². The van der Waals surface area contributed by atoms with E-state index in [-0.39, 0.29) is 5.60 Å². The summed E-state index contributed by atoms with van der Waals surface area (Å²) < 4.78 is 11.3. The zero-order valence-corrected chi connectivity index (χ0v) is 17.9. The molecule has 1 aliphatic carbocycles. The van der Waals surface area contributed by atoms with Gasteiger partial charge in [-0.15, -0.1) is 0 Å². The van der Waals surface area contributed by atoms with E-state index in [9.17, 15) is 0 Å². The maximum Gasteiger partial charge on any atom is -0.0683 e. The van der Waals surface area contributed by atoms with E-state index in [1.165, 1.54) is 34.5 Å². The molecular weight excluding hydrogens is 341 g/mol. The number of rotatable bonds is 4. The number of benzene rings is 1. The molecule has 2 bridgehead atoms. The summed E-state index contributed by atoms with van der Waals surface area (Å²) in [4.78, 5) is 0. The van der Waals surface area contributed by atoms with E-state index in [1.54, 1.807) is 7.11 Å². The summed E-state index contributed by atoms with van der Waals surface area (Å²) in [5.41, 5.74) is 3.80. The van der Waals surface area contributed by atoms with Gasteiger partial charge in [-0.1, -0.05) is 13.8 Å². The van der Waals surface area contributed by atoms with Crippen molar-refractivity contribution in [3.8, 4) is 16.8 Å². The van der Waals surface area contributed by atoms with Crippen LogP contribution in [0.4, 0.5) is 0 Å². The predicted molar refractivity (Wildman–Crippen MR) is 123 cm³/mol. The van der Waals surface area contributed by atoms with Crippen LogP contribution >= 0.6 is 0 Å². The van der Waals surface area contributed by atoms with Crippen molar-refractivity contribution >= 4 is 33.7 Å². The first-order valence-corrected chi connectivity index (χ1v) is 10.4. The van der Waals surface area contributed by atoms with Crippen LogP contribution in [0.2, 0.25) is 5.82 Å². The first-order valence-electron chi connectivity index (χ1n) is 10.4. The molecule has 3 fully saturated rings. The fraction of sp³-hybridized carbons (Fsp3) is 0.478. The molecule has 2 saturated heterocycles. The molecule has 1 aromatic carbocycles. The summed E-state index contributed by atoms with van der Waals surface area (Å²) in [6.45, 7) is 17.8. The fourth-order valence-corrected chi connectivity index (χ4v) is 4.37. The Bertz CT molecular complexity index is 930. The van der Waals surface area contributed by atoms with Gasteiger partial charge in [-0.05, 0) is 0 Å². The average molecular weight is 371 g/mol. The third-order valence-corrected chi connectivity index (χ3v) is 6.03. The van der Waals surface area contributed by atoms with Crippen LogP contribution in [0.25, 0.3) is 23.6 Å². The summed E-state index contributed by atoms with van der Waals surface area (Å²) in [7, 11) is 4.02. The molecule has 0 spiro atoms. The van der Waals surface area contributed by atoms with Gasteiger partial charge < -0.3 is 0 Å². The van der Waals surface area contributed by atoms with E-state index in [0.29, 0.717) is 5.82 Å². The first-order chi connectivity index (χ1) is 13.5. The monoisotopic (exact) mass is 371 g/mol. The number of methoxy groups -OCH3 is 1. The van der Waals surface area contributed by atoms with E-state index in [4.69, 9.17) is 9.47 Å². The predicted octanol–water partition coefficient (Wildman–Crippen LogP) is 3.21. The molecule has 1 atom stereocenters. The topological polar surface area (TPSA) is 18.5 Å². The summed E-state index contributed by atoms with van der Waals surface area (Å²) >= 11 is 0. The van der Waals surface area contributed by atoms with Gasteiger partial charge in [0.1, 0.15) is 0 Å². The molecule has 28 heavy (non-hydrogen) atoms. The number of hydrogen-bond acceptors (Lipinski definition) is 2. The smallest absolute Gasteiger partial charge is 0.0683 e. The van der Waals surface area contributed by atoms with Crippen molar-refractivity contribution in [3.05, 3.63) is 40.0 Å². The fourth-order valence-electron chi connectivity index (χ4n) is 4.37. The van der Waals surface area contributed by atoms with Gasteiger partial charge >= 0.3 is 158 Å². The molecule has 1 saturated carbocycles. The molecule has 3 aliphatic rings. The number of hydrogen-bond donors (Lipinski definition) is 0. The zero-order valence-electron chi connectivity index (χ0n) is 17.9. The average Bonchev–Trinajstić information content (AvgIpc) is 2.68. The van der Waals surface area contributed by atoms with Crippen LogP contribution in [0, 0.1) is 12.8 Å². The third kappa shape index (κ3) is 4.35. The summed E-state index contributed by atoms with van der Waals surface area (Å²) in [6.07, 6.45) is 2.41. The Morgan fingerprint density at radius 1 is 1.32 bits per heavy atom. The van der Waals surface area contributed by atoms with Crippen LogP contribution in [0.15, 0.2) is 24.2 Å². The van der Waals surface area contributed by atoms with Crippen LogP contribution in [-0.2, 0) is 4.74 Å². The summed E-state index contributed by atoms with van der Waals surface area (Å²) in [5, 5.41) is 2.25. The molecule has 2 nitrogen and oxygen atoms in total. The molecule has 5 heteroatoms. The minimum atomic E-state index is 0.171. The molecule has 3 heterocycles. The normalized spacial score (nSPS) is 25.7. The molecule has 2 aromatic rings. The van der Waals surface area contributed by atoms with E-state index in [0.717, 1.165) is 23.4 Å². The Hall–Kier alpha value is -1.61. The number of fused-ring (bicyclic) bond motifs is 2. The standard InChI is InChI=1S/C21H24B3O2.C2H6/c1-13-7-16(25-4)5-6-17(13)19-11-22-18(14(2)24-19)10-23-20-12-26-21(3)8-15(20)9-21;1-2/h5-7,10-11,15,20H,2,8-9,12H2,1,3-4H3;1-2H3/b18-10+;. The van der Waals surface area contributed by atoms with Gasteiger partial charge in [-0.2, -0.15) is 0 Å². The van der Waals surface area contributed by atoms with Gasteiger partial charge in [0.25, 0.3) is 0 Å². The van der Waals surface area contributed by atoms with Crippen LogP contribution in [0.1, 0.15) is 39.2 Å². The zero-order chi connectivity index (χ0) is 20.3. The quantitative estimate of drug-likeness (QED) is 0.769. The van der Waals surface area contributed by atoms with Crippen LogP contribution in [-0.4, -0.2) is 40.4 Å². The molecule has 2 aliphatic heterocycles. The third-order valence-electron chi connectivity index (χ3n) is 6.03. The Balaban J connectivity index is 0.00000109. The minimum Gasteiger partial charge on any atom is -0.0683 e. The molecule has 143 valence electrons. The van der Waals surface area contributed by atoms with Gasteiger partial charge in [0.15, 0.2) is 0 Å². The van der Waals surface area contributed by atoms with Crippen molar-refractivity contribution in [2.24, 2.45) is 5.92 Å². The Morgan fingerprint density at radius 3 is 2.64 bits per heavy atom. The maximum atomic E-state index is 5.99. The van der Waals surface area contributed by atoms with Crippen LogP contribution in [0.5, 0.6) is 5.75 Å². The van der Waals surface area contributed by atoms with Crippen LogP contribution < -0.4 is 15.0 Å². The second kappa shape index (κ2) is 8.82. The van der Waals surface area contributed by atoms with E-state index >= 15 is 0 Å². The molecular formula is C23H30B3O2. The van der Waals surface area contributed by atoms with E-state index < -0.39 is 0 Å². The van der Waals surface area contributed by atoms with Gasteiger partial charge in [0.05, 0.1) is 0 Å². The second-order valence-electron chi connectivity index (χ2n) is 8.05. The van der Waals surface area contributed by atoms with Gasteiger partial charge in [0.2, 0.25) is 0 Å². The maximum absolute atomic E-state index is 5.99. The first kappa shape index (κ1) is 21.1. The molecule has 1 aromatic heterocycles. The van der Waals surface area contributed by atoms with Gasteiger partial charge in [-0.25, -0.2) is 0 Å². The number of aryl methyl sites for hydroxylation is 1. The van der Waals surface area contributed by atoms with Gasteiger partial charge in [-0.3, -0.25) is 0 Å². The minimum absolute atomic E-state index is 0.171. The van der Waals surface area contributed by atoms with Crippen molar-refractivity contribution in [3.63, 3.8) is 0 Å². The van der Waals surface area contributed by atoms with Crippen molar-refractivity contribution in [2.75, 3.05) is 13.7 Å². The molecule has 5 rings (SSSR count). The van der Waals surface area contributed by atoms with E-state index in [1.807, 2.05) is 19.9 Å². The summed E-state index contributed by atoms with van der Waals surface area (Å²) in [5.74, 6) is 6.63. The van der Waals surface area contributed by atoms with E-state index in [2.05, 4.69) is 65.6 Å². The van der Waals surface area contributed by atoms with Crippen molar-refractivity contribution in [1.82, 2.24) is 0 Å². The molecule has 1 radical (unpaired) electrons. The van der Waals surface area contributed by atoms with Crippen molar-refractivity contribution < 1.29 is 9.47 Å². The molecule has 0 N–H and O–H groups in total. The number of ether oxygens (including phenoxy) is 2. The SMILES string of the molecule is C=c1bc(-c2ccc(OC)cc2C)cb/c1=C/[B]C1COC2(C)CC1C2.CC. The van der Waals surface area contributed by atoms with Crippen molar-refractivity contribution in [2.45, 2.75) is 52.0 Å². The largest absolute Gasteiger partial charge is 0.0683 e.